The number of nitrogens with two attached hydrogens (primary N) is 1. The lowest BCUT2D eigenvalue weighted by Gasteiger charge is -2.53. The summed E-state index contributed by atoms with van der Waals surface area (Å²) in [6, 6.07) is 3.96. The van der Waals surface area contributed by atoms with E-state index in [9.17, 15) is 14.9 Å². The minimum absolute atomic E-state index is 0.391. The van der Waals surface area contributed by atoms with Crippen LogP contribution in [0.2, 0.25) is 0 Å². The average molecular weight is 260 g/mol. The molecule has 1 aliphatic heterocycles. The third kappa shape index (κ3) is 1.84. The first-order chi connectivity index (χ1) is 8.88. The molecule has 1 saturated heterocycles. The first kappa shape index (κ1) is 13.4. The minimum atomic E-state index is -1.05. The summed E-state index contributed by atoms with van der Waals surface area (Å²) in [7, 11) is 0. The van der Waals surface area contributed by atoms with Crippen molar-refractivity contribution in [3.63, 3.8) is 0 Å². The molecule has 100 valence electrons. The summed E-state index contributed by atoms with van der Waals surface area (Å²) in [5.74, 6) is -2.89. The van der Waals surface area contributed by atoms with E-state index >= 15 is 0 Å². The highest BCUT2D eigenvalue weighted by molar-refractivity contribution is 5.87. The molecule has 2 aliphatic rings. The van der Waals surface area contributed by atoms with Crippen LogP contribution in [0.15, 0.2) is 0 Å². The molecule has 4 atom stereocenters. The monoisotopic (exact) mass is 260 g/mol. The van der Waals surface area contributed by atoms with Crippen molar-refractivity contribution in [1.82, 2.24) is 5.32 Å². The van der Waals surface area contributed by atoms with Crippen molar-refractivity contribution in [2.45, 2.75) is 38.1 Å². The highest BCUT2D eigenvalue weighted by Gasteiger charge is 2.58. The van der Waals surface area contributed by atoms with Gasteiger partial charge in [0.15, 0.2) is 0 Å². The maximum absolute atomic E-state index is 12.1. The molecule has 0 spiro atoms. The average Bonchev–Trinajstić information content (AvgIpc) is 2.27. The van der Waals surface area contributed by atoms with Crippen LogP contribution in [0.1, 0.15) is 32.6 Å². The van der Waals surface area contributed by atoms with Crippen molar-refractivity contribution in [2.24, 2.45) is 23.0 Å². The normalized spacial score (nSPS) is 38.5. The number of fused-ring (bicyclic) bond motifs is 2. The molecule has 6 nitrogen and oxygen atoms in total. The quantitative estimate of drug-likeness (QED) is 0.736. The van der Waals surface area contributed by atoms with Gasteiger partial charge in [0.2, 0.25) is 11.8 Å². The topological polar surface area (TPSA) is 120 Å². The van der Waals surface area contributed by atoms with E-state index in [1.807, 2.05) is 19.1 Å². The number of hydrogen-bond donors (Lipinski definition) is 2. The van der Waals surface area contributed by atoms with Gasteiger partial charge in [0.05, 0.1) is 17.7 Å². The summed E-state index contributed by atoms with van der Waals surface area (Å²) in [4.78, 5) is 23.6. The second-order valence-corrected chi connectivity index (χ2v) is 5.86. The van der Waals surface area contributed by atoms with Gasteiger partial charge >= 0.3 is 0 Å². The Labute approximate surface area is 111 Å². The van der Waals surface area contributed by atoms with Crippen LogP contribution in [-0.4, -0.2) is 17.4 Å². The summed E-state index contributed by atoms with van der Waals surface area (Å²) < 4.78 is 0. The van der Waals surface area contributed by atoms with Gasteiger partial charge in [-0.15, -0.1) is 0 Å². The fraction of sp³-hybridized carbons (Fsp3) is 0.692. The van der Waals surface area contributed by atoms with Crippen LogP contribution in [0.5, 0.6) is 0 Å². The summed E-state index contributed by atoms with van der Waals surface area (Å²) in [5, 5.41) is 21.1. The first-order valence-electron chi connectivity index (χ1n) is 6.29. The van der Waals surface area contributed by atoms with Crippen molar-refractivity contribution >= 4 is 11.8 Å². The molecule has 3 N–H and O–H groups in total. The Morgan fingerprint density at radius 2 is 2.21 bits per heavy atom. The van der Waals surface area contributed by atoms with Crippen LogP contribution < -0.4 is 11.1 Å². The van der Waals surface area contributed by atoms with Crippen molar-refractivity contribution in [2.75, 3.05) is 0 Å². The maximum Gasteiger partial charge on any atom is 0.238 e. The van der Waals surface area contributed by atoms with Gasteiger partial charge in [0.1, 0.15) is 11.8 Å². The van der Waals surface area contributed by atoms with Crippen LogP contribution >= 0.6 is 0 Å². The number of carbonyl (C=O) groups is 2. The number of hydrogen-bond acceptors (Lipinski definition) is 4. The van der Waals surface area contributed by atoms with Crippen LogP contribution in [0.4, 0.5) is 0 Å². The van der Waals surface area contributed by atoms with Crippen LogP contribution in [0.25, 0.3) is 0 Å². The van der Waals surface area contributed by atoms with E-state index in [4.69, 9.17) is 11.0 Å². The number of rotatable bonds is 2. The van der Waals surface area contributed by atoms with Crippen molar-refractivity contribution in [3.8, 4) is 12.1 Å². The molecule has 0 aromatic heterocycles. The predicted octanol–water partition coefficient (Wildman–Crippen LogP) is 0.200. The third-order valence-electron chi connectivity index (χ3n) is 4.52. The number of nitrogens with zero attached hydrogens (tertiary/aromatic N) is 2. The molecule has 6 heteroatoms. The van der Waals surface area contributed by atoms with Crippen molar-refractivity contribution < 1.29 is 9.59 Å². The molecule has 2 bridgehead atoms. The molecule has 2 fully saturated rings. The smallest absolute Gasteiger partial charge is 0.238 e. The van der Waals surface area contributed by atoms with Gasteiger partial charge in [-0.05, 0) is 24.7 Å². The van der Waals surface area contributed by atoms with E-state index < -0.39 is 34.6 Å². The highest BCUT2D eigenvalue weighted by atomic mass is 16.2. The largest absolute Gasteiger partial charge is 0.368 e. The fourth-order valence-electron chi connectivity index (χ4n) is 3.68. The molecule has 0 aromatic rings. The first-order valence-corrected chi connectivity index (χ1v) is 6.29. The van der Waals surface area contributed by atoms with Gasteiger partial charge in [-0.3, -0.25) is 9.59 Å². The van der Waals surface area contributed by atoms with Crippen molar-refractivity contribution in [3.05, 3.63) is 0 Å². The molecule has 2 amide bonds. The zero-order chi connectivity index (χ0) is 14.3. The Kier molecular flexibility index (Phi) is 2.98. The molecule has 1 aliphatic carbocycles. The highest BCUT2D eigenvalue weighted by Crippen LogP contribution is 2.51. The van der Waals surface area contributed by atoms with Gasteiger partial charge in [0.25, 0.3) is 0 Å². The summed E-state index contributed by atoms with van der Waals surface area (Å²) in [6.07, 6.45) is 2.51. The third-order valence-corrected chi connectivity index (χ3v) is 4.52. The van der Waals surface area contributed by atoms with E-state index in [0.29, 0.717) is 12.8 Å². The Balaban J connectivity index is 2.45. The molecule has 1 heterocycles. The Bertz CT molecular complexity index is 518. The number of primary amides is 1. The molecule has 0 aromatic carbocycles. The lowest BCUT2D eigenvalue weighted by Crippen LogP contribution is -2.67. The minimum Gasteiger partial charge on any atom is -0.368 e. The van der Waals surface area contributed by atoms with E-state index in [1.54, 1.807) is 0 Å². The summed E-state index contributed by atoms with van der Waals surface area (Å²) in [5.41, 5.74) is 3.90. The van der Waals surface area contributed by atoms with Crippen LogP contribution in [0.3, 0.4) is 0 Å². The van der Waals surface area contributed by atoms with E-state index in [0.717, 1.165) is 12.8 Å². The zero-order valence-corrected chi connectivity index (χ0v) is 10.8. The lowest BCUT2D eigenvalue weighted by atomic mass is 9.55. The molecule has 0 unspecified atom stereocenters. The second-order valence-electron chi connectivity index (χ2n) is 5.86. The number of piperidine rings is 1. The maximum atomic E-state index is 12.1. The SMILES string of the molecule is C[C@@]12CCC[C@@]([C@@H](C#N)C(N)=O)(C1)NC(=O)[C@@H]2C#N. The molecule has 19 heavy (non-hydrogen) atoms. The van der Waals surface area contributed by atoms with Gasteiger partial charge < -0.3 is 11.1 Å². The Hall–Kier alpha value is -2.08. The number of nitriles is 2. The number of amides is 2. The predicted molar refractivity (Wildman–Crippen MR) is 64.8 cm³/mol. The van der Waals surface area contributed by atoms with Gasteiger partial charge in [-0.1, -0.05) is 13.3 Å². The van der Waals surface area contributed by atoms with Crippen molar-refractivity contribution in [1.29, 1.82) is 10.5 Å². The number of carbonyl (C=O) groups excluding carboxylic acids is 2. The molecule has 2 rings (SSSR count). The van der Waals surface area contributed by atoms with Crippen LogP contribution in [-0.2, 0) is 9.59 Å². The van der Waals surface area contributed by atoms with Gasteiger partial charge in [-0.25, -0.2) is 0 Å². The van der Waals surface area contributed by atoms with Gasteiger partial charge in [-0.2, -0.15) is 10.5 Å². The summed E-state index contributed by atoms with van der Waals surface area (Å²) >= 11 is 0. The summed E-state index contributed by atoms with van der Waals surface area (Å²) in [6.45, 7) is 1.88. The van der Waals surface area contributed by atoms with E-state index in [1.165, 1.54) is 0 Å². The molecule has 1 saturated carbocycles. The molecular weight excluding hydrogens is 244 g/mol. The zero-order valence-electron chi connectivity index (χ0n) is 10.8. The number of nitrogens with one attached hydrogen (secondary N) is 1. The van der Waals surface area contributed by atoms with E-state index in [-0.39, 0.29) is 0 Å². The van der Waals surface area contributed by atoms with Gasteiger partial charge in [0, 0.05) is 0 Å². The second kappa shape index (κ2) is 4.24. The van der Waals surface area contributed by atoms with E-state index in [2.05, 4.69) is 5.32 Å². The fourth-order valence-corrected chi connectivity index (χ4v) is 3.68. The molecule has 0 radical (unpaired) electrons. The lowest BCUT2D eigenvalue weighted by molar-refractivity contribution is -0.141. The van der Waals surface area contributed by atoms with Crippen LogP contribution in [0, 0.1) is 39.9 Å². The molecular formula is C13H16N4O2. The standard InChI is InChI=1S/C13H16N4O2/c1-12-3-2-4-13(7-12,8(5-14)10(16)18)17-11(19)9(12)6-15/h8-9H,2-4,7H2,1H3,(H2,16,18)(H,17,19)/t8-,9-,12+,13-/m0/s1. The Morgan fingerprint density at radius 1 is 1.53 bits per heavy atom. The Morgan fingerprint density at radius 3 is 2.74 bits per heavy atom.